The van der Waals surface area contributed by atoms with Gasteiger partial charge in [-0.05, 0) is 22.9 Å². The molecule has 1 fully saturated rings. The maximum atomic E-state index is 10.9. The van der Waals surface area contributed by atoms with Crippen LogP contribution in [0.4, 0.5) is 11.5 Å². The van der Waals surface area contributed by atoms with Crippen LogP contribution in [0.25, 0.3) is 0 Å². The highest BCUT2D eigenvalue weighted by atomic mass is 16.6. The Morgan fingerprint density at radius 1 is 1.40 bits per heavy atom. The standard InChI is InChI=1S/C12H16N4O4/c1-9(12(17)18)14-4-6-15(7-5-14)10-2-3-11(13-8-10)16(19)20/h2-3,8-9H,4-7H2,1H3,(H,17,18). The Morgan fingerprint density at radius 2 is 2.05 bits per heavy atom. The Labute approximate surface area is 115 Å². The smallest absolute Gasteiger partial charge is 0.363 e. The number of piperazine rings is 1. The van der Waals surface area contributed by atoms with Gasteiger partial charge >= 0.3 is 11.8 Å². The van der Waals surface area contributed by atoms with Gasteiger partial charge in [0.25, 0.3) is 0 Å². The van der Waals surface area contributed by atoms with Crippen LogP contribution in [0.3, 0.4) is 0 Å². The third kappa shape index (κ3) is 3.02. The van der Waals surface area contributed by atoms with E-state index in [9.17, 15) is 14.9 Å². The second-order valence-corrected chi connectivity index (χ2v) is 4.67. The molecule has 1 aliphatic rings. The number of nitro groups is 1. The van der Waals surface area contributed by atoms with Crippen LogP contribution in [0.2, 0.25) is 0 Å². The van der Waals surface area contributed by atoms with Gasteiger partial charge < -0.3 is 20.1 Å². The van der Waals surface area contributed by atoms with Crippen LogP contribution in [0.15, 0.2) is 18.3 Å². The SMILES string of the molecule is CC(C(=O)O)N1CCN(c2ccc([N+](=O)[O-])nc2)CC1. The molecule has 1 unspecified atom stereocenters. The van der Waals surface area contributed by atoms with Crippen molar-refractivity contribution in [2.75, 3.05) is 31.1 Å². The summed E-state index contributed by atoms with van der Waals surface area (Å²) in [6, 6.07) is 2.55. The van der Waals surface area contributed by atoms with Gasteiger partial charge in [0.1, 0.15) is 6.04 Å². The minimum absolute atomic E-state index is 0.174. The molecule has 0 aromatic carbocycles. The Balaban J connectivity index is 1.96. The van der Waals surface area contributed by atoms with Crippen molar-refractivity contribution >= 4 is 17.5 Å². The van der Waals surface area contributed by atoms with E-state index in [4.69, 9.17) is 5.11 Å². The number of rotatable bonds is 4. The van der Waals surface area contributed by atoms with E-state index in [0.29, 0.717) is 26.2 Å². The van der Waals surface area contributed by atoms with E-state index >= 15 is 0 Å². The fraction of sp³-hybridized carbons (Fsp3) is 0.500. The Bertz CT molecular complexity index is 497. The number of carboxylic acids is 1. The Hall–Kier alpha value is -2.22. The summed E-state index contributed by atoms with van der Waals surface area (Å²) in [4.78, 5) is 28.7. The van der Waals surface area contributed by atoms with E-state index in [-0.39, 0.29) is 5.82 Å². The second kappa shape index (κ2) is 5.83. The number of anilines is 1. The predicted molar refractivity (Wildman–Crippen MR) is 71.8 cm³/mol. The van der Waals surface area contributed by atoms with Crippen LogP contribution >= 0.6 is 0 Å². The summed E-state index contributed by atoms with van der Waals surface area (Å²) in [5.74, 6) is -0.998. The summed E-state index contributed by atoms with van der Waals surface area (Å²) in [6.07, 6.45) is 1.48. The second-order valence-electron chi connectivity index (χ2n) is 4.67. The van der Waals surface area contributed by atoms with E-state index in [0.717, 1.165) is 5.69 Å². The number of hydrogen-bond acceptors (Lipinski definition) is 6. The summed E-state index contributed by atoms with van der Waals surface area (Å²) < 4.78 is 0. The third-order valence-corrected chi connectivity index (χ3v) is 3.50. The first-order valence-corrected chi connectivity index (χ1v) is 6.31. The molecule has 8 nitrogen and oxygen atoms in total. The molecule has 0 saturated carbocycles. The van der Waals surface area contributed by atoms with Gasteiger partial charge in [0.2, 0.25) is 0 Å². The summed E-state index contributed by atoms with van der Waals surface area (Å²) in [7, 11) is 0. The average Bonchev–Trinajstić information content (AvgIpc) is 2.46. The van der Waals surface area contributed by atoms with Gasteiger partial charge in [0.05, 0.1) is 5.69 Å². The largest absolute Gasteiger partial charge is 0.480 e. The van der Waals surface area contributed by atoms with Gasteiger partial charge in [-0.15, -0.1) is 0 Å². The zero-order chi connectivity index (χ0) is 14.7. The average molecular weight is 280 g/mol. The van der Waals surface area contributed by atoms with E-state index in [1.807, 2.05) is 9.80 Å². The molecular formula is C12H16N4O4. The molecule has 1 saturated heterocycles. The number of aromatic nitrogens is 1. The van der Waals surface area contributed by atoms with Crippen LogP contribution in [0.5, 0.6) is 0 Å². The molecule has 0 spiro atoms. The molecule has 2 heterocycles. The van der Waals surface area contributed by atoms with Crippen molar-refractivity contribution in [2.24, 2.45) is 0 Å². The third-order valence-electron chi connectivity index (χ3n) is 3.50. The molecule has 1 aromatic rings. The van der Waals surface area contributed by atoms with Crippen molar-refractivity contribution in [3.63, 3.8) is 0 Å². The molecule has 0 amide bonds. The Morgan fingerprint density at radius 3 is 2.50 bits per heavy atom. The number of carboxylic acid groups (broad SMARTS) is 1. The quantitative estimate of drug-likeness (QED) is 0.636. The number of aliphatic carboxylic acids is 1. The zero-order valence-corrected chi connectivity index (χ0v) is 11.1. The van der Waals surface area contributed by atoms with Gasteiger partial charge in [-0.3, -0.25) is 9.69 Å². The lowest BCUT2D eigenvalue weighted by Crippen LogP contribution is -2.51. The molecule has 1 aliphatic heterocycles. The Kier molecular flexibility index (Phi) is 4.14. The van der Waals surface area contributed by atoms with Crippen molar-refractivity contribution in [2.45, 2.75) is 13.0 Å². The lowest BCUT2D eigenvalue weighted by atomic mass is 10.2. The summed E-state index contributed by atoms with van der Waals surface area (Å²) >= 11 is 0. The lowest BCUT2D eigenvalue weighted by molar-refractivity contribution is -0.389. The van der Waals surface area contributed by atoms with Crippen LogP contribution in [0.1, 0.15) is 6.92 Å². The number of hydrogen-bond donors (Lipinski definition) is 1. The summed E-state index contributed by atoms with van der Waals surface area (Å²) in [6.45, 7) is 4.31. The van der Waals surface area contributed by atoms with E-state index in [2.05, 4.69) is 4.98 Å². The molecule has 1 aromatic heterocycles. The minimum Gasteiger partial charge on any atom is -0.480 e. The van der Waals surface area contributed by atoms with Crippen molar-refractivity contribution in [1.82, 2.24) is 9.88 Å². The molecule has 8 heteroatoms. The van der Waals surface area contributed by atoms with Crippen LogP contribution < -0.4 is 4.90 Å². The maximum absolute atomic E-state index is 10.9. The summed E-state index contributed by atoms with van der Waals surface area (Å²) in [5, 5.41) is 19.5. The molecule has 0 aliphatic carbocycles. The predicted octanol–water partition coefficient (Wildman–Crippen LogP) is 0.585. The first-order valence-electron chi connectivity index (χ1n) is 6.31. The number of carbonyl (C=O) groups is 1. The molecule has 1 N–H and O–H groups in total. The molecule has 20 heavy (non-hydrogen) atoms. The molecular weight excluding hydrogens is 264 g/mol. The molecule has 108 valence electrons. The van der Waals surface area contributed by atoms with Gasteiger partial charge in [0, 0.05) is 32.2 Å². The normalized spacial score (nSPS) is 17.8. The highest BCUT2D eigenvalue weighted by Gasteiger charge is 2.25. The first kappa shape index (κ1) is 14.2. The van der Waals surface area contributed by atoms with E-state index in [1.54, 1.807) is 13.0 Å². The maximum Gasteiger partial charge on any atom is 0.363 e. The van der Waals surface area contributed by atoms with Crippen molar-refractivity contribution < 1.29 is 14.8 Å². The van der Waals surface area contributed by atoms with E-state index < -0.39 is 16.9 Å². The van der Waals surface area contributed by atoms with Crippen LogP contribution in [0, 0.1) is 10.1 Å². The fourth-order valence-electron chi connectivity index (χ4n) is 2.20. The van der Waals surface area contributed by atoms with Gasteiger partial charge in [-0.1, -0.05) is 0 Å². The van der Waals surface area contributed by atoms with Gasteiger partial charge in [-0.2, -0.15) is 0 Å². The minimum atomic E-state index is -0.824. The van der Waals surface area contributed by atoms with Crippen LogP contribution in [-0.2, 0) is 4.79 Å². The van der Waals surface area contributed by atoms with Crippen molar-refractivity contribution in [1.29, 1.82) is 0 Å². The lowest BCUT2D eigenvalue weighted by Gasteiger charge is -2.37. The molecule has 2 rings (SSSR count). The summed E-state index contributed by atoms with van der Waals surface area (Å²) in [5.41, 5.74) is 0.818. The van der Waals surface area contributed by atoms with Crippen LogP contribution in [-0.4, -0.2) is 58.1 Å². The first-order chi connectivity index (χ1) is 9.49. The number of nitrogens with zero attached hydrogens (tertiary/aromatic N) is 4. The molecule has 0 bridgehead atoms. The monoisotopic (exact) mass is 280 g/mol. The fourth-order valence-corrected chi connectivity index (χ4v) is 2.20. The van der Waals surface area contributed by atoms with Gasteiger partial charge in [0.15, 0.2) is 6.20 Å². The van der Waals surface area contributed by atoms with Crippen molar-refractivity contribution in [3.8, 4) is 0 Å². The van der Waals surface area contributed by atoms with E-state index in [1.165, 1.54) is 12.3 Å². The topological polar surface area (TPSA) is 99.8 Å². The molecule has 0 radical (unpaired) electrons. The molecule has 1 atom stereocenters. The highest BCUT2D eigenvalue weighted by Crippen LogP contribution is 2.18. The van der Waals surface area contributed by atoms with Gasteiger partial charge in [-0.25, -0.2) is 0 Å². The van der Waals surface area contributed by atoms with Crippen molar-refractivity contribution in [3.05, 3.63) is 28.4 Å². The highest BCUT2D eigenvalue weighted by molar-refractivity contribution is 5.72. The number of pyridine rings is 1. The zero-order valence-electron chi connectivity index (χ0n) is 11.1.